The Kier molecular flexibility index (Phi) is 3.83. The van der Waals surface area contributed by atoms with Gasteiger partial charge in [0, 0.05) is 31.6 Å². The number of hydrogen-bond donors (Lipinski definition) is 1. The highest BCUT2D eigenvalue weighted by Crippen LogP contribution is 2.15. The van der Waals surface area contributed by atoms with Gasteiger partial charge < -0.3 is 10.3 Å². The Labute approximate surface area is 124 Å². The molecule has 0 bridgehead atoms. The molecule has 1 atom stereocenters. The molecule has 1 unspecified atom stereocenters. The summed E-state index contributed by atoms with van der Waals surface area (Å²) in [7, 11) is 0. The Morgan fingerprint density at radius 2 is 1.95 bits per heavy atom. The number of rotatable bonds is 5. The highest BCUT2D eigenvalue weighted by atomic mass is 15.3. The normalized spacial score (nSPS) is 12.5. The lowest BCUT2D eigenvalue weighted by Gasteiger charge is -2.10. The maximum atomic E-state index is 6.27. The summed E-state index contributed by atoms with van der Waals surface area (Å²) in [6, 6.07) is 11.8. The van der Waals surface area contributed by atoms with Crippen LogP contribution < -0.4 is 5.73 Å². The van der Waals surface area contributed by atoms with Gasteiger partial charge in [0.15, 0.2) is 0 Å². The molecule has 5 nitrogen and oxygen atoms in total. The minimum Gasteiger partial charge on any atom is -0.335 e. The smallest absolute Gasteiger partial charge is 0.110 e. The average Bonchev–Trinajstić information content (AvgIpc) is 3.17. The molecule has 0 radical (unpaired) electrons. The summed E-state index contributed by atoms with van der Waals surface area (Å²) >= 11 is 0. The summed E-state index contributed by atoms with van der Waals surface area (Å²) in [5.41, 5.74) is 8.18. The quantitative estimate of drug-likeness (QED) is 0.780. The van der Waals surface area contributed by atoms with Crippen LogP contribution in [-0.4, -0.2) is 19.3 Å². The van der Waals surface area contributed by atoms with E-state index >= 15 is 0 Å². The lowest BCUT2D eigenvalue weighted by Crippen LogP contribution is -2.17. The van der Waals surface area contributed by atoms with Crippen molar-refractivity contribution in [1.29, 1.82) is 0 Å². The van der Waals surface area contributed by atoms with Crippen molar-refractivity contribution >= 4 is 0 Å². The maximum absolute atomic E-state index is 6.27. The Balaban J connectivity index is 1.77. The molecule has 0 spiro atoms. The third-order valence-electron chi connectivity index (χ3n) is 3.56. The van der Waals surface area contributed by atoms with Crippen molar-refractivity contribution in [2.45, 2.75) is 25.9 Å². The van der Waals surface area contributed by atoms with E-state index < -0.39 is 0 Å². The van der Waals surface area contributed by atoms with Gasteiger partial charge in [0.25, 0.3) is 0 Å². The zero-order chi connectivity index (χ0) is 14.7. The first-order chi connectivity index (χ1) is 10.3. The van der Waals surface area contributed by atoms with Crippen LogP contribution >= 0.6 is 0 Å². The number of aryl methyl sites for hydroxylation is 1. The van der Waals surface area contributed by atoms with Crippen molar-refractivity contribution in [2.24, 2.45) is 5.73 Å². The van der Waals surface area contributed by atoms with E-state index in [2.05, 4.69) is 21.6 Å². The topological polar surface area (TPSA) is 61.7 Å². The first kappa shape index (κ1) is 13.6. The van der Waals surface area contributed by atoms with Gasteiger partial charge in [-0.15, -0.1) is 0 Å². The van der Waals surface area contributed by atoms with Crippen LogP contribution in [0.4, 0.5) is 0 Å². The largest absolute Gasteiger partial charge is 0.335 e. The van der Waals surface area contributed by atoms with Crippen molar-refractivity contribution in [3.8, 4) is 5.69 Å². The van der Waals surface area contributed by atoms with Gasteiger partial charge in [-0.2, -0.15) is 5.10 Å². The van der Waals surface area contributed by atoms with E-state index in [-0.39, 0.29) is 6.04 Å². The summed E-state index contributed by atoms with van der Waals surface area (Å²) in [5.74, 6) is 0.999. The zero-order valence-corrected chi connectivity index (χ0v) is 12.1. The monoisotopic (exact) mass is 281 g/mol. The van der Waals surface area contributed by atoms with E-state index in [4.69, 9.17) is 5.73 Å². The molecule has 0 fully saturated rings. The summed E-state index contributed by atoms with van der Waals surface area (Å²) in [6.45, 7) is 3.00. The molecule has 2 heterocycles. The molecule has 0 aliphatic heterocycles. The van der Waals surface area contributed by atoms with Crippen LogP contribution in [0.25, 0.3) is 5.69 Å². The SMILES string of the molecule is CCn1ccnc1CC(N)c1ccn(-c2ccccc2)n1. The van der Waals surface area contributed by atoms with Crippen molar-refractivity contribution in [1.82, 2.24) is 19.3 Å². The molecule has 1 aromatic carbocycles. The molecule has 0 aliphatic rings. The second kappa shape index (κ2) is 5.93. The van der Waals surface area contributed by atoms with E-state index in [1.165, 1.54) is 0 Å². The predicted molar refractivity (Wildman–Crippen MR) is 82.1 cm³/mol. The first-order valence-electron chi connectivity index (χ1n) is 7.14. The minimum absolute atomic E-state index is 0.150. The second-order valence-corrected chi connectivity index (χ2v) is 4.96. The van der Waals surface area contributed by atoms with Gasteiger partial charge in [-0.25, -0.2) is 9.67 Å². The fourth-order valence-electron chi connectivity index (χ4n) is 2.38. The van der Waals surface area contributed by atoms with E-state index in [1.54, 1.807) is 0 Å². The minimum atomic E-state index is -0.150. The standard InChI is InChI=1S/C16H19N5/c1-2-20-11-9-18-16(20)12-14(17)15-8-10-21(19-15)13-6-4-3-5-7-13/h3-11,14H,2,12,17H2,1H3. The number of hydrogen-bond acceptors (Lipinski definition) is 3. The van der Waals surface area contributed by atoms with Crippen LogP contribution in [0.5, 0.6) is 0 Å². The van der Waals surface area contributed by atoms with Gasteiger partial charge in [0.2, 0.25) is 0 Å². The van der Waals surface area contributed by atoms with E-state index in [0.29, 0.717) is 6.42 Å². The van der Waals surface area contributed by atoms with Gasteiger partial charge in [0.1, 0.15) is 5.82 Å². The second-order valence-electron chi connectivity index (χ2n) is 4.96. The number of benzene rings is 1. The molecule has 2 aromatic heterocycles. The lowest BCUT2D eigenvalue weighted by atomic mass is 10.1. The highest BCUT2D eigenvalue weighted by molar-refractivity contribution is 5.30. The molecule has 3 rings (SSSR count). The van der Waals surface area contributed by atoms with Crippen molar-refractivity contribution in [3.63, 3.8) is 0 Å². The van der Waals surface area contributed by atoms with Gasteiger partial charge in [-0.1, -0.05) is 18.2 Å². The molecular weight excluding hydrogens is 262 g/mol. The third kappa shape index (κ3) is 2.87. The van der Waals surface area contributed by atoms with Gasteiger partial charge in [-0.3, -0.25) is 0 Å². The van der Waals surface area contributed by atoms with E-state index in [0.717, 1.165) is 23.8 Å². The molecule has 0 saturated heterocycles. The number of imidazole rings is 1. The van der Waals surface area contributed by atoms with Gasteiger partial charge in [-0.05, 0) is 25.1 Å². The van der Waals surface area contributed by atoms with Gasteiger partial charge in [0.05, 0.1) is 17.4 Å². The van der Waals surface area contributed by atoms with Crippen molar-refractivity contribution < 1.29 is 0 Å². The molecule has 0 saturated carbocycles. The fourth-order valence-corrected chi connectivity index (χ4v) is 2.38. The maximum Gasteiger partial charge on any atom is 0.110 e. The molecule has 5 heteroatoms. The Bertz CT molecular complexity index is 698. The molecule has 0 amide bonds. The van der Waals surface area contributed by atoms with Crippen LogP contribution in [-0.2, 0) is 13.0 Å². The molecule has 0 aliphatic carbocycles. The first-order valence-corrected chi connectivity index (χ1v) is 7.14. The Morgan fingerprint density at radius 1 is 1.14 bits per heavy atom. The molecular formula is C16H19N5. The fraction of sp³-hybridized carbons (Fsp3) is 0.250. The summed E-state index contributed by atoms with van der Waals surface area (Å²) < 4.78 is 3.95. The third-order valence-corrected chi connectivity index (χ3v) is 3.56. The number of nitrogens with zero attached hydrogens (tertiary/aromatic N) is 4. The van der Waals surface area contributed by atoms with Gasteiger partial charge >= 0.3 is 0 Å². The number of aromatic nitrogens is 4. The molecule has 21 heavy (non-hydrogen) atoms. The summed E-state index contributed by atoms with van der Waals surface area (Å²) in [6.07, 6.45) is 6.42. The van der Waals surface area contributed by atoms with Crippen LogP contribution in [0.3, 0.4) is 0 Å². The van der Waals surface area contributed by atoms with E-state index in [9.17, 15) is 0 Å². The van der Waals surface area contributed by atoms with Crippen molar-refractivity contribution in [3.05, 3.63) is 66.5 Å². The lowest BCUT2D eigenvalue weighted by molar-refractivity contribution is 0.611. The number of nitrogens with two attached hydrogens (primary N) is 1. The summed E-state index contributed by atoms with van der Waals surface area (Å²) in [4.78, 5) is 4.37. The van der Waals surface area contributed by atoms with E-state index in [1.807, 2.05) is 59.7 Å². The summed E-state index contributed by atoms with van der Waals surface area (Å²) in [5, 5.41) is 4.57. The van der Waals surface area contributed by atoms with Crippen LogP contribution in [0.2, 0.25) is 0 Å². The molecule has 108 valence electrons. The Morgan fingerprint density at radius 3 is 2.71 bits per heavy atom. The predicted octanol–water partition coefficient (Wildman–Crippen LogP) is 2.33. The zero-order valence-electron chi connectivity index (χ0n) is 12.1. The highest BCUT2D eigenvalue weighted by Gasteiger charge is 2.13. The Hall–Kier alpha value is -2.40. The average molecular weight is 281 g/mol. The van der Waals surface area contributed by atoms with Crippen molar-refractivity contribution in [2.75, 3.05) is 0 Å². The van der Waals surface area contributed by atoms with Crippen LogP contribution in [0.1, 0.15) is 24.5 Å². The van der Waals surface area contributed by atoms with Crippen LogP contribution in [0, 0.1) is 0 Å². The molecule has 2 N–H and O–H groups in total. The molecule has 3 aromatic rings. The number of para-hydroxylation sites is 1. The van der Waals surface area contributed by atoms with Crippen LogP contribution in [0.15, 0.2) is 55.0 Å².